The molecule has 2 aromatic carbocycles. The van der Waals surface area contributed by atoms with Crippen molar-refractivity contribution in [1.29, 1.82) is 0 Å². The third kappa shape index (κ3) is 3.41. The standard InChI is InChI=1S/C18H18N2O5S/c1-20-16-9-8-15(11-13(16)5-10-17(20)21)26(23,24)19-14-6-3-12(4-7-14)18(22)25-2/h3-4,6-9,11,19H,5,10H2,1-2H3. The van der Waals surface area contributed by atoms with Gasteiger partial charge in [0.2, 0.25) is 5.91 Å². The largest absolute Gasteiger partial charge is 0.465 e. The van der Waals surface area contributed by atoms with Gasteiger partial charge in [0, 0.05) is 24.8 Å². The minimum absolute atomic E-state index is 0.0110. The molecule has 1 aliphatic heterocycles. The molecule has 0 saturated heterocycles. The van der Waals surface area contributed by atoms with Gasteiger partial charge in [0.1, 0.15) is 0 Å². The lowest BCUT2D eigenvalue weighted by Crippen LogP contribution is -2.31. The van der Waals surface area contributed by atoms with E-state index in [0.717, 1.165) is 11.3 Å². The minimum Gasteiger partial charge on any atom is -0.465 e. The number of methoxy groups -OCH3 is 1. The second kappa shape index (κ2) is 6.80. The zero-order valence-corrected chi connectivity index (χ0v) is 15.2. The van der Waals surface area contributed by atoms with Crippen molar-refractivity contribution in [2.24, 2.45) is 0 Å². The van der Waals surface area contributed by atoms with E-state index in [1.54, 1.807) is 19.2 Å². The van der Waals surface area contributed by atoms with E-state index < -0.39 is 16.0 Å². The quantitative estimate of drug-likeness (QED) is 0.828. The van der Waals surface area contributed by atoms with Gasteiger partial charge in [0.05, 0.1) is 17.6 Å². The Kier molecular flexibility index (Phi) is 4.69. The van der Waals surface area contributed by atoms with Crippen molar-refractivity contribution in [3.8, 4) is 0 Å². The number of hydrogen-bond acceptors (Lipinski definition) is 5. The Balaban J connectivity index is 1.85. The molecule has 26 heavy (non-hydrogen) atoms. The van der Waals surface area contributed by atoms with E-state index in [9.17, 15) is 18.0 Å². The average molecular weight is 374 g/mol. The summed E-state index contributed by atoms with van der Waals surface area (Å²) in [5.74, 6) is -0.482. The number of amides is 1. The van der Waals surface area contributed by atoms with E-state index >= 15 is 0 Å². The maximum Gasteiger partial charge on any atom is 0.337 e. The van der Waals surface area contributed by atoms with Crippen molar-refractivity contribution in [2.75, 3.05) is 23.8 Å². The molecule has 0 aliphatic carbocycles. The summed E-state index contributed by atoms with van der Waals surface area (Å²) in [6.07, 6.45) is 0.866. The molecule has 1 amide bonds. The first-order valence-corrected chi connectivity index (χ1v) is 9.41. The first kappa shape index (κ1) is 17.9. The van der Waals surface area contributed by atoms with E-state index in [2.05, 4.69) is 9.46 Å². The first-order chi connectivity index (χ1) is 12.3. The molecule has 3 rings (SSSR count). The zero-order valence-electron chi connectivity index (χ0n) is 14.4. The molecular formula is C18H18N2O5S. The maximum atomic E-state index is 12.6. The van der Waals surface area contributed by atoms with Gasteiger partial charge >= 0.3 is 5.97 Å². The fourth-order valence-electron chi connectivity index (χ4n) is 2.81. The number of anilines is 2. The second-order valence-electron chi connectivity index (χ2n) is 5.92. The number of carbonyl (C=O) groups is 2. The lowest BCUT2D eigenvalue weighted by molar-refractivity contribution is -0.118. The van der Waals surface area contributed by atoms with Crippen molar-refractivity contribution >= 4 is 33.3 Å². The van der Waals surface area contributed by atoms with Crippen molar-refractivity contribution in [2.45, 2.75) is 17.7 Å². The van der Waals surface area contributed by atoms with Crippen LogP contribution in [0.4, 0.5) is 11.4 Å². The van der Waals surface area contributed by atoms with Crippen molar-refractivity contribution in [1.82, 2.24) is 0 Å². The van der Waals surface area contributed by atoms with Gasteiger partial charge in [-0.1, -0.05) is 0 Å². The van der Waals surface area contributed by atoms with Gasteiger partial charge in [-0.3, -0.25) is 9.52 Å². The summed E-state index contributed by atoms with van der Waals surface area (Å²) in [6.45, 7) is 0. The monoisotopic (exact) mass is 374 g/mol. The highest BCUT2D eigenvalue weighted by Crippen LogP contribution is 2.29. The average Bonchev–Trinajstić information content (AvgIpc) is 2.64. The molecule has 0 radical (unpaired) electrons. The normalized spacial score (nSPS) is 13.9. The molecule has 0 atom stereocenters. The highest BCUT2D eigenvalue weighted by molar-refractivity contribution is 7.92. The topological polar surface area (TPSA) is 92.8 Å². The number of nitrogens with zero attached hydrogens (tertiary/aromatic N) is 1. The van der Waals surface area contributed by atoms with Gasteiger partial charge in [0.25, 0.3) is 10.0 Å². The second-order valence-corrected chi connectivity index (χ2v) is 7.60. The minimum atomic E-state index is -3.79. The number of benzene rings is 2. The van der Waals surface area contributed by atoms with E-state index in [1.807, 2.05) is 0 Å². The molecule has 8 heteroatoms. The Bertz CT molecular complexity index is 968. The van der Waals surface area contributed by atoms with Gasteiger partial charge in [-0.15, -0.1) is 0 Å². The molecule has 136 valence electrons. The van der Waals surface area contributed by atoms with E-state index in [-0.39, 0.29) is 10.8 Å². The molecule has 1 aliphatic rings. The summed E-state index contributed by atoms with van der Waals surface area (Å²) in [5.41, 5.74) is 2.21. The highest BCUT2D eigenvalue weighted by atomic mass is 32.2. The van der Waals surface area contributed by atoms with Crippen LogP contribution in [0.25, 0.3) is 0 Å². The highest BCUT2D eigenvalue weighted by Gasteiger charge is 2.23. The van der Waals surface area contributed by atoms with Gasteiger partial charge in [-0.2, -0.15) is 0 Å². The fraction of sp³-hybridized carbons (Fsp3) is 0.222. The summed E-state index contributed by atoms with van der Waals surface area (Å²) in [7, 11) is -0.832. The first-order valence-electron chi connectivity index (χ1n) is 7.92. The molecule has 0 saturated carbocycles. The van der Waals surface area contributed by atoms with Crippen molar-refractivity contribution < 1.29 is 22.7 Å². The SMILES string of the molecule is COC(=O)c1ccc(NS(=O)(=O)c2ccc3c(c2)CCC(=O)N3C)cc1. The molecule has 2 aromatic rings. The summed E-state index contributed by atoms with van der Waals surface area (Å²) in [5, 5.41) is 0. The lowest BCUT2D eigenvalue weighted by Gasteiger charge is -2.26. The molecule has 0 aromatic heterocycles. The molecule has 1 heterocycles. The van der Waals surface area contributed by atoms with Crippen LogP contribution in [0, 0.1) is 0 Å². The molecule has 0 unspecified atom stereocenters. The third-order valence-electron chi connectivity index (χ3n) is 4.26. The lowest BCUT2D eigenvalue weighted by atomic mass is 10.0. The molecule has 7 nitrogen and oxygen atoms in total. The Hall–Kier alpha value is -2.87. The van der Waals surface area contributed by atoms with Gasteiger partial charge in [-0.05, 0) is 54.4 Å². The van der Waals surface area contributed by atoms with E-state index in [4.69, 9.17) is 0 Å². The zero-order chi connectivity index (χ0) is 18.9. The van der Waals surface area contributed by atoms with Crippen molar-refractivity contribution in [3.63, 3.8) is 0 Å². The van der Waals surface area contributed by atoms with Gasteiger partial charge in [0.15, 0.2) is 0 Å². The predicted molar refractivity (Wildman–Crippen MR) is 96.8 cm³/mol. The summed E-state index contributed by atoms with van der Waals surface area (Å²) < 4.78 is 32.3. The predicted octanol–water partition coefficient (Wildman–Crippen LogP) is 2.18. The maximum absolute atomic E-state index is 12.6. The van der Waals surface area contributed by atoms with Crippen LogP contribution in [0.15, 0.2) is 47.4 Å². The Morgan fingerprint density at radius 2 is 1.81 bits per heavy atom. The van der Waals surface area contributed by atoms with Crippen LogP contribution in [0.5, 0.6) is 0 Å². The Labute approximate surface area is 151 Å². The molecule has 0 spiro atoms. The van der Waals surface area contributed by atoms with Crippen LogP contribution < -0.4 is 9.62 Å². The number of esters is 1. The number of sulfonamides is 1. The van der Waals surface area contributed by atoms with E-state index in [0.29, 0.717) is 24.1 Å². The van der Waals surface area contributed by atoms with Gasteiger partial charge < -0.3 is 9.64 Å². The van der Waals surface area contributed by atoms with Gasteiger partial charge in [-0.25, -0.2) is 13.2 Å². The van der Waals surface area contributed by atoms with Crippen LogP contribution in [0.2, 0.25) is 0 Å². The van der Waals surface area contributed by atoms with Crippen molar-refractivity contribution in [3.05, 3.63) is 53.6 Å². The summed E-state index contributed by atoms with van der Waals surface area (Å²) in [4.78, 5) is 24.8. The number of hydrogen-bond donors (Lipinski definition) is 1. The van der Waals surface area contributed by atoms with E-state index in [1.165, 1.54) is 42.3 Å². The fourth-order valence-corrected chi connectivity index (χ4v) is 3.92. The van der Waals surface area contributed by atoms with Crippen LogP contribution in [0.1, 0.15) is 22.3 Å². The number of fused-ring (bicyclic) bond motifs is 1. The number of nitrogens with one attached hydrogen (secondary N) is 1. The molecular weight excluding hydrogens is 356 g/mol. The van der Waals surface area contributed by atoms with Crippen LogP contribution in [-0.2, 0) is 26.0 Å². The summed E-state index contributed by atoms with van der Waals surface area (Å²) >= 11 is 0. The third-order valence-corrected chi connectivity index (χ3v) is 5.64. The number of carbonyl (C=O) groups excluding carboxylic acids is 2. The Morgan fingerprint density at radius 3 is 2.46 bits per heavy atom. The molecule has 0 fully saturated rings. The summed E-state index contributed by atoms with van der Waals surface area (Å²) in [6, 6.07) is 10.7. The Morgan fingerprint density at radius 1 is 1.12 bits per heavy atom. The van der Waals surface area contributed by atoms with Crippen LogP contribution >= 0.6 is 0 Å². The number of rotatable bonds is 4. The van der Waals surface area contributed by atoms with Crippen LogP contribution in [0.3, 0.4) is 0 Å². The number of ether oxygens (including phenoxy) is 1. The number of aryl methyl sites for hydroxylation is 1. The van der Waals surface area contributed by atoms with Crippen LogP contribution in [-0.4, -0.2) is 34.5 Å². The molecule has 1 N–H and O–H groups in total. The molecule has 0 bridgehead atoms. The smallest absolute Gasteiger partial charge is 0.337 e.